The van der Waals surface area contributed by atoms with E-state index in [-0.39, 0.29) is 17.9 Å². The second-order valence-corrected chi connectivity index (χ2v) is 6.87. The summed E-state index contributed by atoms with van der Waals surface area (Å²) in [5, 5.41) is 4.36. The molecule has 0 aliphatic carbocycles. The molecule has 2 heterocycles. The predicted octanol–water partition coefficient (Wildman–Crippen LogP) is 3.36. The molecule has 0 spiro atoms. The Hall–Kier alpha value is -2.05. The van der Waals surface area contributed by atoms with E-state index in [1.807, 2.05) is 19.9 Å². The minimum Gasteiger partial charge on any atom is -0.492 e. The van der Waals surface area contributed by atoms with Gasteiger partial charge in [0.2, 0.25) is 0 Å². The molecule has 0 radical (unpaired) electrons. The monoisotopic (exact) mass is 378 g/mol. The number of methoxy groups -OCH3 is 1. The van der Waals surface area contributed by atoms with Gasteiger partial charge in [-0.05, 0) is 32.0 Å². The van der Waals surface area contributed by atoms with Crippen LogP contribution in [0, 0.1) is 12.8 Å². The molecule has 1 aromatic carbocycles. The van der Waals surface area contributed by atoms with Gasteiger partial charge < -0.3 is 18.9 Å². The van der Waals surface area contributed by atoms with Gasteiger partial charge in [0.25, 0.3) is 5.91 Å². The molecule has 0 unspecified atom stereocenters. The number of aryl methyl sites for hydroxylation is 1. The van der Waals surface area contributed by atoms with Gasteiger partial charge in [0, 0.05) is 44.2 Å². The molecule has 0 N–H and O–H groups in total. The van der Waals surface area contributed by atoms with Gasteiger partial charge >= 0.3 is 0 Å². The number of ether oxygens (including phenoxy) is 2. The van der Waals surface area contributed by atoms with Crippen LogP contribution in [0.15, 0.2) is 28.8 Å². The number of halogens is 1. The van der Waals surface area contributed by atoms with Crippen LogP contribution < -0.4 is 4.74 Å². The fourth-order valence-electron chi connectivity index (χ4n) is 3.33. The average molecular weight is 379 g/mol. The predicted molar refractivity (Wildman–Crippen MR) is 97.8 cm³/mol. The quantitative estimate of drug-likeness (QED) is 0.771. The molecule has 1 aromatic heterocycles. The molecule has 0 saturated carbocycles. The van der Waals surface area contributed by atoms with E-state index in [1.54, 1.807) is 30.2 Å². The molecule has 1 saturated heterocycles. The zero-order valence-electron chi connectivity index (χ0n) is 15.2. The summed E-state index contributed by atoms with van der Waals surface area (Å²) in [4.78, 5) is 14.7. The summed E-state index contributed by atoms with van der Waals surface area (Å²) in [5.74, 6) is 1.50. The number of amides is 1. The van der Waals surface area contributed by atoms with Gasteiger partial charge in [-0.2, -0.15) is 0 Å². The molecule has 1 aliphatic rings. The normalized spacial score (nSPS) is 19.8. The molecule has 6 nitrogen and oxygen atoms in total. The third kappa shape index (κ3) is 4.02. The number of nitrogens with zero attached hydrogens (tertiary/aromatic N) is 2. The molecule has 2 atom stereocenters. The van der Waals surface area contributed by atoms with Gasteiger partial charge in [-0.15, -0.1) is 0 Å². The number of likely N-dealkylation sites (tertiary alicyclic amines) is 1. The number of hydrogen-bond donors (Lipinski definition) is 0. The van der Waals surface area contributed by atoms with Crippen molar-refractivity contribution in [3.63, 3.8) is 0 Å². The maximum Gasteiger partial charge on any atom is 0.254 e. The number of rotatable bonds is 6. The lowest BCUT2D eigenvalue weighted by atomic mass is 10.0. The van der Waals surface area contributed by atoms with Crippen molar-refractivity contribution in [2.45, 2.75) is 26.4 Å². The molecule has 1 amide bonds. The number of carbonyl (C=O) groups excluding carboxylic acids is 1. The smallest absolute Gasteiger partial charge is 0.254 e. The lowest BCUT2D eigenvalue weighted by Gasteiger charge is -2.17. The molecule has 7 heteroatoms. The summed E-state index contributed by atoms with van der Waals surface area (Å²) < 4.78 is 16.3. The Morgan fingerprint density at radius 3 is 2.81 bits per heavy atom. The Bertz CT molecular complexity index is 777. The first kappa shape index (κ1) is 18.7. The van der Waals surface area contributed by atoms with Crippen molar-refractivity contribution in [3.05, 3.63) is 46.3 Å². The summed E-state index contributed by atoms with van der Waals surface area (Å²) in [5.41, 5.74) is 1.40. The van der Waals surface area contributed by atoms with Gasteiger partial charge in [0.05, 0.1) is 23.4 Å². The van der Waals surface area contributed by atoms with Crippen LogP contribution in [0.25, 0.3) is 0 Å². The van der Waals surface area contributed by atoms with E-state index in [0.717, 1.165) is 11.5 Å². The fraction of sp³-hybridized carbons (Fsp3) is 0.474. The number of hydrogen-bond acceptors (Lipinski definition) is 5. The van der Waals surface area contributed by atoms with Gasteiger partial charge in [-0.1, -0.05) is 16.8 Å². The minimum absolute atomic E-state index is 0.0393. The van der Waals surface area contributed by atoms with Crippen molar-refractivity contribution in [2.24, 2.45) is 5.92 Å². The van der Waals surface area contributed by atoms with Crippen molar-refractivity contribution < 1.29 is 18.8 Å². The Morgan fingerprint density at radius 2 is 2.19 bits per heavy atom. The average Bonchev–Trinajstić information content (AvgIpc) is 3.22. The Morgan fingerprint density at radius 1 is 1.38 bits per heavy atom. The van der Waals surface area contributed by atoms with Crippen LogP contribution in [0.2, 0.25) is 5.02 Å². The van der Waals surface area contributed by atoms with E-state index in [1.165, 1.54) is 0 Å². The maximum absolute atomic E-state index is 12.9. The Labute approximate surface area is 158 Å². The van der Waals surface area contributed by atoms with Gasteiger partial charge in [0.1, 0.15) is 11.5 Å². The number of aromatic nitrogens is 1. The summed E-state index contributed by atoms with van der Waals surface area (Å²) >= 11 is 6.21. The second-order valence-electron chi connectivity index (χ2n) is 6.46. The molecule has 0 bridgehead atoms. The third-order valence-electron chi connectivity index (χ3n) is 4.59. The Kier molecular flexibility index (Phi) is 5.84. The van der Waals surface area contributed by atoms with Gasteiger partial charge in [-0.25, -0.2) is 0 Å². The highest BCUT2D eigenvalue weighted by atomic mass is 35.5. The van der Waals surface area contributed by atoms with E-state index in [9.17, 15) is 4.79 Å². The van der Waals surface area contributed by atoms with Crippen LogP contribution in [0.4, 0.5) is 0 Å². The number of benzene rings is 1. The summed E-state index contributed by atoms with van der Waals surface area (Å²) in [6.07, 6.45) is 0.648. The lowest BCUT2D eigenvalue weighted by Crippen LogP contribution is -2.29. The van der Waals surface area contributed by atoms with Crippen LogP contribution in [-0.4, -0.2) is 48.9 Å². The molecule has 2 aromatic rings. The van der Waals surface area contributed by atoms with Crippen molar-refractivity contribution in [2.75, 3.05) is 26.8 Å². The SMILES string of the molecule is CCOc1ccc(C(=O)N2C[C@@H](Cc3cc(C)no3)[C@@H](OC)C2)cc1Cl. The minimum atomic E-state index is -0.0618. The second kappa shape index (κ2) is 8.10. The van der Waals surface area contributed by atoms with E-state index in [4.69, 9.17) is 25.6 Å². The lowest BCUT2D eigenvalue weighted by molar-refractivity contribution is 0.0672. The van der Waals surface area contributed by atoms with Crippen LogP contribution in [0.1, 0.15) is 28.7 Å². The summed E-state index contributed by atoms with van der Waals surface area (Å²) in [6.45, 7) is 5.44. The third-order valence-corrected chi connectivity index (χ3v) is 4.89. The van der Waals surface area contributed by atoms with Crippen molar-refractivity contribution in [1.82, 2.24) is 10.1 Å². The van der Waals surface area contributed by atoms with E-state index >= 15 is 0 Å². The first-order valence-electron chi connectivity index (χ1n) is 8.68. The first-order chi connectivity index (χ1) is 12.5. The van der Waals surface area contributed by atoms with Crippen LogP contribution in [0.3, 0.4) is 0 Å². The fourth-order valence-corrected chi connectivity index (χ4v) is 3.57. The highest BCUT2D eigenvalue weighted by Crippen LogP contribution is 2.29. The van der Waals surface area contributed by atoms with E-state index < -0.39 is 0 Å². The topological polar surface area (TPSA) is 64.8 Å². The molecular weight excluding hydrogens is 356 g/mol. The van der Waals surface area contributed by atoms with Crippen molar-refractivity contribution >= 4 is 17.5 Å². The number of carbonyl (C=O) groups is 1. The molecule has 1 aliphatic heterocycles. The molecule has 26 heavy (non-hydrogen) atoms. The highest BCUT2D eigenvalue weighted by Gasteiger charge is 2.36. The van der Waals surface area contributed by atoms with Gasteiger partial charge in [-0.3, -0.25) is 4.79 Å². The molecule has 140 valence electrons. The standard InChI is InChI=1S/C19H23ClN2O4/c1-4-25-17-6-5-13(9-16(17)20)19(23)22-10-14(18(11-22)24-3)8-15-7-12(2)21-26-15/h5-7,9,14,18H,4,8,10-11H2,1-3H3/t14-,18+/m1/s1. The molecular formula is C19H23ClN2O4. The molecule has 1 fully saturated rings. The van der Waals surface area contributed by atoms with Crippen LogP contribution >= 0.6 is 11.6 Å². The zero-order valence-corrected chi connectivity index (χ0v) is 16.0. The Balaban J connectivity index is 1.71. The van der Waals surface area contributed by atoms with Crippen molar-refractivity contribution in [3.8, 4) is 5.75 Å². The van der Waals surface area contributed by atoms with Gasteiger partial charge in [0.15, 0.2) is 0 Å². The summed E-state index contributed by atoms with van der Waals surface area (Å²) in [6, 6.07) is 7.05. The highest BCUT2D eigenvalue weighted by molar-refractivity contribution is 6.32. The zero-order chi connectivity index (χ0) is 18.7. The maximum atomic E-state index is 12.9. The molecule has 3 rings (SSSR count). The van der Waals surface area contributed by atoms with E-state index in [2.05, 4.69) is 5.16 Å². The van der Waals surface area contributed by atoms with Crippen LogP contribution in [-0.2, 0) is 11.2 Å². The van der Waals surface area contributed by atoms with Crippen LogP contribution in [0.5, 0.6) is 5.75 Å². The summed E-state index contributed by atoms with van der Waals surface area (Å²) in [7, 11) is 1.67. The first-order valence-corrected chi connectivity index (χ1v) is 9.06. The van der Waals surface area contributed by atoms with Crippen molar-refractivity contribution in [1.29, 1.82) is 0 Å². The van der Waals surface area contributed by atoms with E-state index in [0.29, 0.717) is 42.5 Å². The largest absolute Gasteiger partial charge is 0.492 e.